The fraction of sp³-hybridized carbons (Fsp3) is 0.684. The highest BCUT2D eigenvalue weighted by molar-refractivity contribution is 8.11. The van der Waals surface area contributed by atoms with Crippen molar-refractivity contribution in [2.24, 2.45) is 5.10 Å². The van der Waals surface area contributed by atoms with Gasteiger partial charge in [-0.05, 0) is 50.1 Å². The molecule has 8 heteroatoms. The number of hydrogen-bond acceptors (Lipinski definition) is 4. The number of allylic oxidation sites excluding steroid dienone is 3. The third kappa shape index (κ3) is 8.84. The molecule has 0 aromatic heterocycles. The highest BCUT2D eigenvalue weighted by Crippen LogP contribution is 2.39. The maximum Gasteiger partial charge on any atom is 0.179 e. The summed E-state index contributed by atoms with van der Waals surface area (Å²) in [6, 6.07) is 0. The molecule has 0 bridgehead atoms. The molecule has 1 aliphatic rings. The van der Waals surface area contributed by atoms with E-state index in [-0.39, 0.29) is 0 Å². The van der Waals surface area contributed by atoms with Crippen molar-refractivity contribution in [3.63, 3.8) is 0 Å². The lowest BCUT2D eigenvalue weighted by Crippen LogP contribution is -2.39. The molecule has 0 spiro atoms. The smallest absolute Gasteiger partial charge is 0.179 e. The van der Waals surface area contributed by atoms with Crippen LogP contribution in [0, 0.1) is 0 Å². The van der Waals surface area contributed by atoms with Crippen LogP contribution in [-0.4, -0.2) is 80.2 Å². The third-order valence-corrected chi connectivity index (χ3v) is 8.40. The van der Waals surface area contributed by atoms with Crippen LogP contribution in [0.2, 0.25) is 0 Å². The highest BCUT2D eigenvalue weighted by atomic mass is 32.4. The van der Waals surface area contributed by atoms with Gasteiger partial charge in [0.25, 0.3) is 0 Å². The lowest BCUT2D eigenvalue weighted by molar-refractivity contribution is 0.305. The zero-order valence-corrected chi connectivity index (χ0v) is 19.3. The first-order chi connectivity index (χ1) is 13.0. The summed E-state index contributed by atoms with van der Waals surface area (Å²) in [5.41, 5.74) is 4.11. The Morgan fingerprint density at radius 3 is 1.96 bits per heavy atom. The van der Waals surface area contributed by atoms with Gasteiger partial charge in [-0.2, -0.15) is 5.10 Å². The van der Waals surface area contributed by atoms with Crippen LogP contribution >= 0.6 is 6.49 Å². The topological polar surface area (TPSA) is 46.1 Å². The fourth-order valence-electron chi connectivity index (χ4n) is 2.70. The molecule has 0 unspecified atom stereocenters. The molecule has 0 aromatic carbocycles. The highest BCUT2D eigenvalue weighted by Gasteiger charge is 2.21. The van der Waals surface area contributed by atoms with Gasteiger partial charge in [-0.15, -0.1) is 5.73 Å². The fourth-order valence-corrected chi connectivity index (χ4v) is 4.90. The number of hydrogen-bond donors (Lipinski definition) is 2. The normalized spacial score (nSPS) is 14.1. The summed E-state index contributed by atoms with van der Waals surface area (Å²) in [6.45, 7) is 14.4. The summed E-state index contributed by atoms with van der Waals surface area (Å²) in [4.78, 5) is 4.79. The Kier molecular flexibility index (Phi) is 12.0. The van der Waals surface area contributed by atoms with Gasteiger partial charge in [-0.3, -0.25) is 10.2 Å². The van der Waals surface area contributed by atoms with E-state index in [0.29, 0.717) is 0 Å². The van der Waals surface area contributed by atoms with Crippen LogP contribution in [0.4, 0.5) is 0 Å². The van der Waals surface area contributed by atoms with Crippen LogP contribution in [0.25, 0.3) is 0 Å². The number of likely N-dealkylation sites (N-methyl/N-ethyl adjacent to an activating group) is 2. The standard InChI is InChI=1S/C19H37N6PS/c1-6-24(7-2)16-14-21-26(27,22-15-17-25(8-3)9-4)23(5)20-18-19-12-10-11-13-19/h10-12,18H,6-9,14-17H2,1-5H3,(H2,21,22,27)/b20-18+. The molecule has 0 amide bonds. The second-order valence-corrected chi connectivity index (χ2v) is 10.3. The van der Waals surface area contributed by atoms with Crippen molar-refractivity contribution >= 4 is 24.5 Å². The van der Waals surface area contributed by atoms with E-state index in [9.17, 15) is 0 Å². The van der Waals surface area contributed by atoms with E-state index in [0.717, 1.165) is 57.9 Å². The maximum atomic E-state index is 6.02. The van der Waals surface area contributed by atoms with Crippen molar-refractivity contribution in [2.75, 3.05) is 59.4 Å². The van der Waals surface area contributed by atoms with Crippen molar-refractivity contribution in [2.45, 2.75) is 27.7 Å². The Bertz CT molecular complexity index is 567. The minimum atomic E-state index is -2.18. The average Bonchev–Trinajstić information content (AvgIpc) is 3.20. The van der Waals surface area contributed by atoms with E-state index in [2.05, 4.69) is 58.5 Å². The van der Waals surface area contributed by atoms with Gasteiger partial charge in [-0.25, -0.2) is 4.78 Å². The second kappa shape index (κ2) is 13.4. The van der Waals surface area contributed by atoms with Crippen molar-refractivity contribution in [1.29, 1.82) is 0 Å². The average molecular weight is 413 g/mol. The van der Waals surface area contributed by atoms with Crippen LogP contribution in [0.3, 0.4) is 0 Å². The van der Waals surface area contributed by atoms with E-state index in [4.69, 9.17) is 11.8 Å². The molecule has 0 heterocycles. The maximum absolute atomic E-state index is 6.02. The van der Waals surface area contributed by atoms with Crippen molar-refractivity contribution in [3.05, 3.63) is 29.5 Å². The van der Waals surface area contributed by atoms with Crippen LogP contribution in [0.5, 0.6) is 0 Å². The van der Waals surface area contributed by atoms with Crippen molar-refractivity contribution in [3.8, 4) is 0 Å². The van der Waals surface area contributed by atoms with Crippen LogP contribution in [0.15, 0.2) is 34.6 Å². The lowest BCUT2D eigenvalue weighted by atomic mass is 10.3. The molecule has 1 rings (SSSR count). The van der Waals surface area contributed by atoms with Gasteiger partial charge in [-0.1, -0.05) is 33.8 Å². The Labute approximate surface area is 171 Å². The molecule has 1 aliphatic carbocycles. The molecular weight excluding hydrogens is 375 g/mol. The molecule has 6 nitrogen and oxygen atoms in total. The molecule has 0 saturated carbocycles. The predicted molar refractivity (Wildman–Crippen MR) is 123 cm³/mol. The molecule has 0 radical (unpaired) electrons. The van der Waals surface area contributed by atoms with E-state index in [1.54, 1.807) is 0 Å². The van der Waals surface area contributed by atoms with Gasteiger partial charge < -0.3 is 9.80 Å². The summed E-state index contributed by atoms with van der Waals surface area (Å²) >= 11 is 6.02. The lowest BCUT2D eigenvalue weighted by Gasteiger charge is -2.33. The van der Waals surface area contributed by atoms with E-state index < -0.39 is 6.49 Å². The molecule has 2 N–H and O–H groups in total. The van der Waals surface area contributed by atoms with E-state index in [1.807, 2.05) is 36.3 Å². The van der Waals surface area contributed by atoms with Gasteiger partial charge in [0.2, 0.25) is 0 Å². The summed E-state index contributed by atoms with van der Waals surface area (Å²) in [7, 11) is 1.95. The van der Waals surface area contributed by atoms with Crippen LogP contribution in [-0.2, 0) is 11.8 Å². The number of nitrogens with one attached hydrogen (secondary N) is 2. The Morgan fingerprint density at radius 2 is 1.56 bits per heavy atom. The number of rotatable bonds is 15. The first-order valence-corrected chi connectivity index (χ1v) is 12.7. The molecule has 0 saturated heterocycles. The molecule has 154 valence electrons. The first kappa shape index (κ1) is 24.3. The molecule has 0 fully saturated rings. The summed E-state index contributed by atoms with van der Waals surface area (Å²) in [6.07, 6.45) is 7.66. The minimum absolute atomic E-state index is 0.847. The van der Waals surface area contributed by atoms with Crippen molar-refractivity contribution < 1.29 is 0 Å². The van der Waals surface area contributed by atoms with E-state index in [1.165, 1.54) is 0 Å². The minimum Gasteiger partial charge on any atom is -0.303 e. The Hall–Kier alpha value is -0.780. The number of hydrazone groups is 1. The van der Waals surface area contributed by atoms with Crippen LogP contribution in [0.1, 0.15) is 27.7 Å². The Balaban J connectivity index is 2.72. The molecule has 0 aliphatic heterocycles. The van der Waals surface area contributed by atoms with Gasteiger partial charge in [0.1, 0.15) is 0 Å². The Morgan fingerprint density at radius 1 is 1.04 bits per heavy atom. The van der Waals surface area contributed by atoms with Gasteiger partial charge >= 0.3 is 0 Å². The van der Waals surface area contributed by atoms with Gasteiger partial charge in [0.15, 0.2) is 6.49 Å². The van der Waals surface area contributed by atoms with E-state index >= 15 is 0 Å². The summed E-state index contributed by atoms with van der Waals surface area (Å²) < 4.78 is 1.90. The largest absolute Gasteiger partial charge is 0.303 e. The van der Waals surface area contributed by atoms with Gasteiger partial charge in [0, 0.05) is 38.8 Å². The molecular formula is C19H37N6PS. The SMILES string of the molecule is CCN(CC)CCNP(=S)(NCCN(CC)CC)N(C)/N=C/C1=C=CC=C1. The quantitative estimate of drug-likeness (QED) is 0.187. The predicted octanol–water partition coefficient (Wildman–Crippen LogP) is 2.64. The molecule has 0 atom stereocenters. The molecule has 0 aromatic rings. The van der Waals surface area contributed by atoms with Crippen molar-refractivity contribution in [1.82, 2.24) is 24.8 Å². The summed E-state index contributed by atoms with van der Waals surface area (Å²) in [5, 5.41) is 11.8. The third-order valence-electron chi connectivity index (χ3n) is 4.69. The van der Waals surface area contributed by atoms with Gasteiger partial charge in [0.05, 0.1) is 6.21 Å². The zero-order chi connectivity index (χ0) is 20.1. The van der Waals surface area contributed by atoms with Crippen LogP contribution < -0.4 is 10.2 Å². The number of nitrogens with zero attached hydrogens (tertiary/aromatic N) is 4. The zero-order valence-electron chi connectivity index (χ0n) is 17.6. The first-order valence-electron chi connectivity index (χ1n) is 9.95. The monoisotopic (exact) mass is 412 g/mol. The second-order valence-electron chi connectivity index (χ2n) is 6.31. The molecule has 27 heavy (non-hydrogen) atoms. The summed E-state index contributed by atoms with van der Waals surface area (Å²) in [5.74, 6) is 0.